The molecule has 0 spiro atoms. The zero-order chi connectivity index (χ0) is 16.4. The molecule has 3 aromatic rings. The molecule has 0 fully saturated rings. The Labute approximate surface area is 132 Å². The van der Waals surface area contributed by atoms with Crippen LogP contribution in [0.5, 0.6) is 0 Å². The Bertz CT molecular complexity index is 924. The van der Waals surface area contributed by atoms with Crippen LogP contribution < -0.4 is 10.9 Å². The predicted octanol–water partition coefficient (Wildman–Crippen LogP) is 2.57. The van der Waals surface area contributed by atoms with Crippen molar-refractivity contribution in [2.45, 2.75) is 26.7 Å². The second-order valence-corrected chi connectivity index (χ2v) is 5.35. The van der Waals surface area contributed by atoms with Gasteiger partial charge in [0.05, 0.1) is 6.42 Å². The quantitative estimate of drug-likeness (QED) is 0.775. The average Bonchev–Trinajstić information content (AvgIpc) is 2.88. The highest BCUT2D eigenvalue weighted by molar-refractivity contribution is 5.93. The average molecular weight is 311 g/mol. The maximum atomic E-state index is 12.3. The standard InChI is InChI=1S/C17H17N3O3/c1-3-13-16(10(2)23-20-13)19-15(21)9-12-8-11-6-4-5-7-14(11)18-17(12)22/h4-8H,3,9H2,1-2H3,(H,18,22)(H,19,21). The number of nitrogens with one attached hydrogen (secondary N) is 2. The molecule has 0 aliphatic heterocycles. The number of carbonyl (C=O) groups is 1. The van der Waals surface area contributed by atoms with Crippen molar-refractivity contribution in [3.8, 4) is 0 Å². The van der Waals surface area contributed by atoms with Crippen molar-refractivity contribution >= 4 is 22.5 Å². The number of aryl methyl sites for hydroxylation is 2. The molecule has 23 heavy (non-hydrogen) atoms. The van der Waals surface area contributed by atoms with E-state index in [4.69, 9.17) is 4.52 Å². The van der Waals surface area contributed by atoms with Crippen LogP contribution in [-0.2, 0) is 17.6 Å². The normalized spacial score (nSPS) is 10.9. The van der Waals surface area contributed by atoms with E-state index in [1.54, 1.807) is 13.0 Å². The zero-order valence-corrected chi connectivity index (χ0v) is 13.0. The highest BCUT2D eigenvalue weighted by atomic mass is 16.5. The smallest absolute Gasteiger partial charge is 0.252 e. The van der Waals surface area contributed by atoms with E-state index in [1.165, 1.54) is 0 Å². The van der Waals surface area contributed by atoms with Gasteiger partial charge in [0.1, 0.15) is 11.4 Å². The largest absolute Gasteiger partial charge is 0.359 e. The van der Waals surface area contributed by atoms with E-state index in [1.807, 2.05) is 31.2 Å². The van der Waals surface area contributed by atoms with Crippen molar-refractivity contribution in [1.29, 1.82) is 0 Å². The second-order valence-electron chi connectivity index (χ2n) is 5.35. The molecule has 1 amide bonds. The molecule has 0 aliphatic rings. The molecule has 0 radical (unpaired) electrons. The molecule has 6 nitrogen and oxygen atoms in total. The molecule has 0 atom stereocenters. The van der Waals surface area contributed by atoms with Gasteiger partial charge in [-0.1, -0.05) is 30.3 Å². The lowest BCUT2D eigenvalue weighted by Gasteiger charge is -2.06. The Hall–Kier alpha value is -2.89. The number of nitrogens with zero attached hydrogens (tertiary/aromatic N) is 1. The number of carbonyl (C=O) groups excluding carboxylic acids is 1. The van der Waals surface area contributed by atoms with Gasteiger partial charge in [-0.3, -0.25) is 9.59 Å². The van der Waals surface area contributed by atoms with Crippen LogP contribution >= 0.6 is 0 Å². The number of H-pyrrole nitrogens is 1. The summed E-state index contributed by atoms with van der Waals surface area (Å²) >= 11 is 0. The minimum Gasteiger partial charge on any atom is -0.359 e. The predicted molar refractivity (Wildman–Crippen MR) is 87.5 cm³/mol. The van der Waals surface area contributed by atoms with Crippen molar-refractivity contribution in [3.63, 3.8) is 0 Å². The van der Waals surface area contributed by atoms with E-state index < -0.39 is 0 Å². The van der Waals surface area contributed by atoms with Crippen molar-refractivity contribution < 1.29 is 9.32 Å². The van der Waals surface area contributed by atoms with E-state index in [0.717, 1.165) is 10.9 Å². The number of benzene rings is 1. The first-order valence-corrected chi connectivity index (χ1v) is 7.44. The van der Waals surface area contributed by atoms with Crippen molar-refractivity contribution in [1.82, 2.24) is 10.1 Å². The number of fused-ring (bicyclic) bond motifs is 1. The summed E-state index contributed by atoms with van der Waals surface area (Å²) in [5.41, 5.74) is 2.22. The van der Waals surface area contributed by atoms with Crippen LogP contribution in [0.4, 0.5) is 5.69 Å². The Kier molecular flexibility index (Phi) is 3.97. The number of anilines is 1. The highest BCUT2D eigenvalue weighted by Crippen LogP contribution is 2.20. The van der Waals surface area contributed by atoms with Gasteiger partial charge in [-0.05, 0) is 30.9 Å². The van der Waals surface area contributed by atoms with E-state index in [9.17, 15) is 9.59 Å². The zero-order valence-electron chi connectivity index (χ0n) is 13.0. The lowest BCUT2D eigenvalue weighted by atomic mass is 10.1. The van der Waals surface area contributed by atoms with E-state index in [2.05, 4.69) is 15.5 Å². The number of aromatic nitrogens is 2. The van der Waals surface area contributed by atoms with Gasteiger partial charge in [0.2, 0.25) is 5.91 Å². The Morgan fingerprint density at radius 1 is 1.35 bits per heavy atom. The van der Waals surface area contributed by atoms with Crippen molar-refractivity contribution in [3.05, 3.63) is 57.7 Å². The number of hydrogen-bond donors (Lipinski definition) is 2. The topological polar surface area (TPSA) is 88.0 Å². The van der Waals surface area contributed by atoms with Gasteiger partial charge in [0.25, 0.3) is 5.56 Å². The third-order valence-corrected chi connectivity index (χ3v) is 3.71. The van der Waals surface area contributed by atoms with E-state index in [0.29, 0.717) is 29.1 Å². The molecule has 0 saturated carbocycles. The SMILES string of the molecule is CCc1noc(C)c1NC(=O)Cc1cc2ccccc2[nH]c1=O. The highest BCUT2D eigenvalue weighted by Gasteiger charge is 2.15. The number of hydrogen-bond acceptors (Lipinski definition) is 4. The van der Waals surface area contributed by atoms with Crippen LogP contribution in [0.15, 0.2) is 39.6 Å². The number of rotatable bonds is 4. The maximum absolute atomic E-state index is 12.3. The third-order valence-electron chi connectivity index (χ3n) is 3.71. The molecule has 0 aliphatic carbocycles. The fourth-order valence-electron chi connectivity index (χ4n) is 2.50. The van der Waals surface area contributed by atoms with Gasteiger partial charge in [-0.15, -0.1) is 0 Å². The fourth-order valence-corrected chi connectivity index (χ4v) is 2.50. The summed E-state index contributed by atoms with van der Waals surface area (Å²) in [5, 5.41) is 7.57. The first-order chi connectivity index (χ1) is 11.1. The molecule has 0 bridgehead atoms. The van der Waals surface area contributed by atoms with Crippen LogP contribution in [0, 0.1) is 6.92 Å². The molecule has 2 aromatic heterocycles. The first kappa shape index (κ1) is 15.0. The molecule has 0 unspecified atom stereocenters. The molecule has 3 rings (SSSR count). The summed E-state index contributed by atoms with van der Waals surface area (Å²) in [6, 6.07) is 9.21. The monoisotopic (exact) mass is 311 g/mol. The van der Waals surface area contributed by atoms with Gasteiger partial charge in [-0.25, -0.2) is 0 Å². The molecular weight excluding hydrogens is 294 g/mol. The maximum Gasteiger partial charge on any atom is 0.252 e. The van der Waals surface area contributed by atoms with Crippen LogP contribution in [-0.4, -0.2) is 16.0 Å². The summed E-state index contributed by atoms with van der Waals surface area (Å²) in [5.74, 6) is 0.286. The van der Waals surface area contributed by atoms with Crippen LogP contribution in [0.25, 0.3) is 10.9 Å². The minimum absolute atomic E-state index is 0.00601. The minimum atomic E-state index is -0.271. The number of amides is 1. The van der Waals surface area contributed by atoms with Gasteiger partial charge in [-0.2, -0.15) is 0 Å². The molecule has 2 heterocycles. The van der Waals surface area contributed by atoms with Gasteiger partial charge in [0, 0.05) is 11.1 Å². The van der Waals surface area contributed by atoms with Crippen LogP contribution in [0.1, 0.15) is 23.9 Å². The molecule has 118 valence electrons. The van der Waals surface area contributed by atoms with Crippen LogP contribution in [0.2, 0.25) is 0 Å². The lowest BCUT2D eigenvalue weighted by molar-refractivity contribution is -0.115. The summed E-state index contributed by atoms with van der Waals surface area (Å²) in [7, 11) is 0. The summed E-state index contributed by atoms with van der Waals surface area (Å²) in [4.78, 5) is 27.1. The number of aromatic amines is 1. The molecular formula is C17H17N3O3. The molecule has 0 saturated heterocycles. The Balaban J connectivity index is 1.84. The van der Waals surface area contributed by atoms with E-state index in [-0.39, 0.29) is 17.9 Å². The van der Waals surface area contributed by atoms with Gasteiger partial charge < -0.3 is 14.8 Å². The summed E-state index contributed by atoms with van der Waals surface area (Å²) in [6.45, 7) is 3.67. The first-order valence-electron chi connectivity index (χ1n) is 7.44. The molecule has 2 N–H and O–H groups in total. The number of para-hydroxylation sites is 1. The third kappa shape index (κ3) is 3.01. The lowest BCUT2D eigenvalue weighted by Crippen LogP contribution is -2.21. The van der Waals surface area contributed by atoms with Gasteiger partial charge in [0.15, 0.2) is 5.76 Å². The number of pyridine rings is 1. The van der Waals surface area contributed by atoms with Crippen molar-refractivity contribution in [2.24, 2.45) is 0 Å². The second kappa shape index (κ2) is 6.08. The Morgan fingerprint density at radius 2 is 2.13 bits per heavy atom. The molecule has 6 heteroatoms. The van der Waals surface area contributed by atoms with Crippen LogP contribution in [0.3, 0.4) is 0 Å². The molecule has 1 aromatic carbocycles. The Morgan fingerprint density at radius 3 is 2.91 bits per heavy atom. The van der Waals surface area contributed by atoms with Gasteiger partial charge >= 0.3 is 0 Å². The van der Waals surface area contributed by atoms with E-state index >= 15 is 0 Å². The fraction of sp³-hybridized carbons (Fsp3) is 0.235. The van der Waals surface area contributed by atoms with Crippen molar-refractivity contribution in [2.75, 3.05) is 5.32 Å². The summed E-state index contributed by atoms with van der Waals surface area (Å²) < 4.78 is 5.09. The summed E-state index contributed by atoms with van der Waals surface area (Å²) in [6.07, 6.45) is 0.650.